The molecular weight excluding hydrogens is 360 g/mol. The monoisotopic (exact) mass is 382 g/mol. The molecule has 1 unspecified atom stereocenters. The summed E-state index contributed by atoms with van der Waals surface area (Å²) in [5, 5.41) is 2.92. The Balaban J connectivity index is 1.41. The summed E-state index contributed by atoms with van der Waals surface area (Å²) in [6.07, 6.45) is 0.185. The topological polar surface area (TPSA) is 77.1 Å². The molecule has 1 N–H and O–H groups in total. The van der Waals surface area contributed by atoms with Gasteiger partial charge in [-0.1, -0.05) is 12.1 Å². The lowest BCUT2D eigenvalue weighted by molar-refractivity contribution is -0.126. The van der Waals surface area contributed by atoms with Gasteiger partial charge in [-0.2, -0.15) is 0 Å². The molecule has 2 aromatic rings. The molecule has 0 radical (unpaired) electrons. The van der Waals surface area contributed by atoms with Crippen LogP contribution in [0.2, 0.25) is 0 Å². The molecule has 28 heavy (non-hydrogen) atoms. The summed E-state index contributed by atoms with van der Waals surface area (Å²) in [7, 11) is 1.57. The zero-order valence-electron chi connectivity index (χ0n) is 15.9. The van der Waals surface area contributed by atoms with Gasteiger partial charge in [-0.15, -0.1) is 0 Å². The number of methoxy groups -OCH3 is 1. The zero-order chi connectivity index (χ0) is 19.7. The van der Waals surface area contributed by atoms with E-state index in [2.05, 4.69) is 5.32 Å². The number of amides is 2. The summed E-state index contributed by atoms with van der Waals surface area (Å²) in [6.45, 7) is 2.88. The van der Waals surface area contributed by atoms with Crippen LogP contribution in [0.25, 0.3) is 0 Å². The van der Waals surface area contributed by atoms with Gasteiger partial charge in [0.25, 0.3) is 0 Å². The Morgan fingerprint density at radius 1 is 1.21 bits per heavy atom. The molecule has 0 spiro atoms. The number of hydrogen-bond acceptors (Lipinski definition) is 5. The number of hydrogen-bond donors (Lipinski definition) is 1. The molecule has 4 rings (SSSR count). The van der Waals surface area contributed by atoms with E-state index in [0.29, 0.717) is 36.0 Å². The lowest BCUT2D eigenvalue weighted by atomic mass is 10.1. The molecule has 2 aliphatic heterocycles. The standard InChI is InChI=1S/C21H22N2O5/c1-13-3-5-17(26-2)16(7-13)23-11-15(9-20(23)24)21(25)22-10-14-4-6-18-19(8-14)28-12-27-18/h3-8,15H,9-12H2,1-2H3,(H,22,25). The number of ether oxygens (including phenoxy) is 3. The van der Waals surface area contributed by atoms with Crippen molar-refractivity contribution in [3.8, 4) is 17.2 Å². The lowest BCUT2D eigenvalue weighted by Crippen LogP contribution is -2.32. The second-order valence-electron chi connectivity index (χ2n) is 6.99. The second kappa shape index (κ2) is 7.42. The third-order valence-corrected chi connectivity index (χ3v) is 5.02. The van der Waals surface area contributed by atoms with Crippen LogP contribution in [0.4, 0.5) is 5.69 Å². The van der Waals surface area contributed by atoms with Crippen molar-refractivity contribution in [2.45, 2.75) is 19.9 Å². The molecule has 7 heteroatoms. The number of nitrogens with one attached hydrogen (secondary N) is 1. The summed E-state index contributed by atoms with van der Waals surface area (Å²) < 4.78 is 16.0. The van der Waals surface area contributed by atoms with Crippen LogP contribution < -0.4 is 24.4 Å². The van der Waals surface area contributed by atoms with Gasteiger partial charge in [0.05, 0.1) is 18.7 Å². The van der Waals surface area contributed by atoms with Crippen molar-refractivity contribution in [1.29, 1.82) is 0 Å². The van der Waals surface area contributed by atoms with Gasteiger partial charge in [0.1, 0.15) is 5.75 Å². The maximum Gasteiger partial charge on any atom is 0.231 e. The molecule has 2 aliphatic rings. The van der Waals surface area contributed by atoms with Gasteiger partial charge in [-0.25, -0.2) is 0 Å². The molecule has 0 saturated carbocycles. The normalized spacial score (nSPS) is 17.7. The highest BCUT2D eigenvalue weighted by Gasteiger charge is 2.36. The predicted octanol–water partition coefficient (Wildman–Crippen LogP) is 2.40. The van der Waals surface area contributed by atoms with Crippen LogP contribution in [0.15, 0.2) is 36.4 Å². The molecule has 2 heterocycles. The van der Waals surface area contributed by atoms with Gasteiger partial charge < -0.3 is 24.4 Å². The minimum absolute atomic E-state index is 0.0767. The van der Waals surface area contributed by atoms with Crippen LogP contribution in [0, 0.1) is 12.8 Å². The molecule has 1 fully saturated rings. The minimum Gasteiger partial charge on any atom is -0.495 e. The highest BCUT2D eigenvalue weighted by Crippen LogP contribution is 2.34. The lowest BCUT2D eigenvalue weighted by Gasteiger charge is -2.20. The van der Waals surface area contributed by atoms with Gasteiger partial charge in [-0.3, -0.25) is 9.59 Å². The number of aryl methyl sites for hydroxylation is 1. The first-order valence-electron chi connectivity index (χ1n) is 9.16. The fraction of sp³-hybridized carbons (Fsp3) is 0.333. The Morgan fingerprint density at radius 3 is 2.86 bits per heavy atom. The van der Waals surface area contributed by atoms with Crippen molar-refractivity contribution >= 4 is 17.5 Å². The van der Waals surface area contributed by atoms with Crippen LogP contribution in [0.1, 0.15) is 17.5 Å². The summed E-state index contributed by atoms with van der Waals surface area (Å²) in [6, 6.07) is 11.2. The van der Waals surface area contributed by atoms with Crippen molar-refractivity contribution in [3.05, 3.63) is 47.5 Å². The summed E-state index contributed by atoms with van der Waals surface area (Å²) in [5.74, 6) is 1.40. The van der Waals surface area contributed by atoms with Crippen molar-refractivity contribution in [2.24, 2.45) is 5.92 Å². The number of rotatable bonds is 5. The zero-order valence-corrected chi connectivity index (χ0v) is 15.9. The predicted molar refractivity (Wildman–Crippen MR) is 103 cm³/mol. The van der Waals surface area contributed by atoms with Crippen molar-refractivity contribution in [3.63, 3.8) is 0 Å². The number of carbonyl (C=O) groups excluding carboxylic acids is 2. The van der Waals surface area contributed by atoms with E-state index in [1.165, 1.54) is 0 Å². The molecule has 0 bridgehead atoms. The van der Waals surface area contributed by atoms with Crippen molar-refractivity contribution in [1.82, 2.24) is 5.32 Å². The van der Waals surface area contributed by atoms with Crippen LogP contribution >= 0.6 is 0 Å². The first-order chi connectivity index (χ1) is 13.5. The van der Waals surface area contributed by atoms with Gasteiger partial charge in [-0.05, 0) is 42.3 Å². The van der Waals surface area contributed by atoms with E-state index in [4.69, 9.17) is 14.2 Å². The molecule has 7 nitrogen and oxygen atoms in total. The van der Waals surface area contributed by atoms with E-state index in [0.717, 1.165) is 11.1 Å². The number of anilines is 1. The van der Waals surface area contributed by atoms with Crippen molar-refractivity contribution < 1.29 is 23.8 Å². The molecule has 0 aliphatic carbocycles. The van der Waals surface area contributed by atoms with Gasteiger partial charge in [0.2, 0.25) is 18.6 Å². The van der Waals surface area contributed by atoms with E-state index in [-0.39, 0.29) is 25.0 Å². The summed E-state index contributed by atoms with van der Waals surface area (Å²) in [5.41, 5.74) is 2.65. The minimum atomic E-state index is -0.397. The van der Waals surface area contributed by atoms with Crippen LogP contribution in [0.5, 0.6) is 17.2 Å². The average Bonchev–Trinajstić information content (AvgIpc) is 3.32. The molecule has 0 aromatic heterocycles. The van der Waals surface area contributed by atoms with E-state index < -0.39 is 5.92 Å². The Morgan fingerprint density at radius 2 is 2.04 bits per heavy atom. The molecule has 2 amide bonds. The molecule has 2 aromatic carbocycles. The molecular formula is C21H22N2O5. The molecule has 1 atom stereocenters. The Bertz CT molecular complexity index is 927. The van der Waals surface area contributed by atoms with Gasteiger partial charge >= 0.3 is 0 Å². The Labute approximate surface area is 163 Å². The second-order valence-corrected chi connectivity index (χ2v) is 6.99. The van der Waals surface area contributed by atoms with Crippen molar-refractivity contribution in [2.75, 3.05) is 25.3 Å². The largest absolute Gasteiger partial charge is 0.495 e. The molecule has 1 saturated heterocycles. The maximum atomic E-state index is 12.6. The third-order valence-electron chi connectivity index (χ3n) is 5.02. The van der Waals surface area contributed by atoms with Crippen LogP contribution in [0.3, 0.4) is 0 Å². The fourth-order valence-corrected chi connectivity index (χ4v) is 3.51. The summed E-state index contributed by atoms with van der Waals surface area (Å²) >= 11 is 0. The van der Waals surface area contributed by atoms with E-state index in [1.807, 2.05) is 43.3 Å². The first-order valence-corrected chi connectivity index (χ1v) is 9.16. The molecule has 146 valence electrons. The summed E-state index contributed by atoms with van der Waals surface area (Å²) in [4.78, 5) is 26.8. The van der Waals surface area contributed by atoms with E-state index in [1.54, 1.807) is 12.0 Å². The quantitative estimate of drug-likeness (QED) is 0.859. The number of nitrogens with zero attached hydrogens (tertiary/aromatic N) is 1. The van der Waals surface area contributed by atoms with E-state index in [9.17, 15) is 9.59 Å². The number of carbonyl (C=O) groups is 2. The fourth-order valence-electron chi connectivity index (χ4n) is 3.51. The van der Waals surface area contributed by atoms with Crippen LogP contribution in [-0.4, -0.2) is 32.3 Å². The SMILES string of the molecule is COc1ccc(C)cc1N1CC(C(=O)NCc2ccc3c(c2)OCO3)CC1=O. The van der Waals surface area contributed by atoms with Crippen LogP contribution in [-0.2, 0) is 16.1 Å². The Hall–Kier alpha value is -3.22. The Kier molecular flexibility index (Phi) is 4.81. The highest BCUT2D eigenvalue weighted by molar-refractivity contribution is 6.01. The van der Waals surface area contributed by atoms with E-state index >= 15 is 0 Å². The third kappa shape index (κ3) is 3.47. The number of fused-ring (bicyclic) bond motifs is 1. The smallest absolute Gasteiger partial charge is 0.231 e. The first kappa shape index (κ1) is 18.2. The maximum absolute atomic E-state index is 12.6. The average molecular weight is 382 g/mol. The van der Waals surface area contributed by atoms with Gasteiger partial charge in [0, 0.05) is 19.5 Å². The number of benzene rings is 2. The highest BCUT2D eigenvalue weighted by atomic mass is 16.7. The van der Waals surface area contributed by atoms with Gasteiger partial charge in [0.15, 0.2) is 11.5 Å².